The van der Waals surface area contributed by atoms with Gasteiger partial charge in [0, 0.05) is 4.88 Å². The highest BCUT2D eigenvalue weighted by molar-refractivity contribution is 7.16. The van der Waals surface area contributed by atoms with Crippen molar-refractivity contribution in [3.05, 3.63) is 45.8 Å². The van der Waals surface area contributed by atoms with Gasteiger partial charge in [0.25, 0.3) is 11.8 Å². The second kappa shape index (κ2) is 7.28. The molecule has 2 amide bonds. The summed E-state index contributed by atoms with van der Waals surface area (Å²) in [6.45, 7) is 6.20. The fourth-order valence-corrected chi connectivity index (χ4v) is 3.60. The lowest BCUT2D eigenvalue weighted by molar-refractivity contribution is 0.100. The normalized spacial score (nSPS) is 10.4. The van der Waals surface area contributed by atoms with Crippen LogP contribution in [0.5, 0.6) is 5.75 Å². The van der Waals surface area contributed by atoms with Crippen molar-refractivity contribution in [2.45, 2.75) is 27.2 Å². The monoisotopic (exact) mass is 332 g/mol. The van der Waals surface area contributed by atoms with Gasteiger partial charge in [-0.2, -0.15) is 0 Å². The summed E-state index contributed by atoms with van der Waals surface area (Å²) >= 11 is 1.36. The molecule has 0 radical (unpaired) electrons. The van der Waals surface area contributed by atoms with Gasteiger partial charge < -0.3 is 15.8 Å². The van der Waals surface area contributed by atoms with Crippen molar-refractivity contribution in [3.63, 3.8) is 0 Å². The number of carbonyl (C=O) groups is 2. The molecule has 0 unspecified atom stereocenters. The van der Waals surface area contributed by atoms with Gasteiger partial charge in [0.2, 0.25) is 0 Å². The number of nitrogens with two attached hydrogens (primary N) is 1. The van der Waals surface area contributed by atoms with Crippen LogP contribution in [-0.4, -0.2) is 18.4 Å². The van der Waals surface area contributed by atoms with Gasteiger partial charge in [-0.25, -0.2) is 0 Å². The molecule has 2 rings (SSSR count). The molecule has 0 aliphatic carbocycles. The number of benzene rings is 1. The van der Waals surface area contributed by atoms with Gasteiger partial charge in [-0.3, -0.25) is 9.59 Å². The highest BCUT2D eigenvalue weighted by Crippen LogP contribution is 2.33. The number of hydrogen-bond donors (Lipinski definition) is 2. The summed E-state index contributed by atoms with van der Waals surface area (Å²) in [5.74, 6) is -0.336. The van der Waals surface area contributed by atoms with Crippen LogP contribution in [0.3, 0.4) is 0 Å². The topological polar surface area (TPSA) is 81.4 Å². The van der Waals surface area contributed by atoms with E-state index in [1.54, 1.807) is 24.3 Å². The van der Waals surface area contributed by atoms with E-state index in [0.717, 1.165) is 10.4 Å². The van der Waals surface area contributed by atoms with E-state index in [-0.39, 0.29) is 5.91 Å². The zero-order chi connectivity index (χ0) is 17.0. The second-order valence-electron chi connectivity index (χ2n) is 4.94. The predicted molar refractivity (Wildman–Crippen MR) is 92.5 cm³/mol. The number of thiophene rings is 1. The number of para-hydroxylation sites is 1. The minimum atomic E-state index is -0.528. The molecular formula is C17H20N2O3S. The Labute approximate surface area is 139 Å². The third kappa shape index (κ3) is 3.53. The van der Waals surface area contributed by atoms with Crippen molar-refractivity contribution in [3.8, 4) is 5.75 Å². The molecule has 0 fully saturated rings. The second-order valence-corrected chi connectivity index (χ2v) is 6.17. The zero-order valence-corrected chi connectivity index (χ0v) is 14.3. The lowest BCUT2D eigenvalue weighted by Gasteiger charge is -2.10. The highest BCUT2D eigenvalue weighted by Gasteiger charge is 2.22. The Balaban J connectivity index is 2.36. The van der Waals surface area contributed by atoms with Crippen LogP contribution in [0.4, 0.5) is 5.00 Å². The van der Waals surface area contributed by atoms with Crippen molar-refractivity contribution >= 4 is 28.2 Å². The number of ether oxygens (including phenoxy) is 1. The smallest absolute Gasteiger partial charge is 0.260 e. The number of rotatable bonds is 6. The number of anilines is 1. The molecule has 1 heterocycles. The predicted octanol–water partition coefficient (Wildman–Crippen LogP) is 3.37. The third-order valence-corrected chi connectivity index (χ3v) is 4.53. The first kappa shape index (κ1) is 17.0. The summed E-state index contributed by atoms with van der Waals surface area (Å²) in [5.41, 5.74) is 7.20. The fourth-order valence-electron chi connectivity index (χ4n) is 2.46. The van der Waals surface area contributed by atoms with E-state index < -0.39 is 5.91 Å². The molecule has 6 heteroatoms. The average Bonchev–Trinajstić information content (AvgIpc) is 2.83. The van der Waals surface area contributed by atoms with Crippen LogP contribution in [0.1, 0.15) is 45.0 Å². The van der Waals surface area contributed by atoms with E-state index in [0.29, 0.717) is 34.9 Å². The summed E-state index contributed by atoms with van der Waals surface area (Å²) < 4.78 is 5.47. The molecule has 0 saturated carbocycles. The molecule has 0 spiro atoms. The van der Waals surface area contributed by atoms with Gasteiger partial charge in [-0.05, 0) is 38.0 Å². The Kier molecular flexibility index (Phi) is 5.39. The van der Waals surface area contributed by atoms with E-state index in [1.807, 2.05) is 20.8 Å². The van der Waals surface area contributed by atoms with Crippen LogP contribution in [0.25, 0.3) is 0 Å². The number of primary amides is 1. The van der Waals surface area contributed by atoms with Crippen LogP contribution < -0.4 is 15.8 Å². The Hall–Kier alpha value is -2.34. The Morgan fingerprint density at radius 1 is 1.26 bits per heavy atom. The highest BCUT2D eigenvalue weighted by atomic mass is 32.1. The summed E-state index contributed by atoms with van der Waals surface area (Å²) in [6.07, 6.45) is 0.687. The average molecular weight is 332 g/mol. The summed E-state index contributed by atoms with van der Waals surface area (Å²) in [5, 5.41) is 3.29. The number of nitrogens with one attached hydrogen (secondary N) is 1. The van der Waals surface area contributed by atoms with E-state index in [9.17, 15) is 9.59 Å². The van der Waals surface area contributed by atoms with Crippen molar-refractivity contribution < 1.29 is 14.3 Å². The van der Waals surface area contributed by atoms with Crippen LogP contribution >= 0.6 is 11.3 Å². The number of carbonyl (C=O) groups excluding carboxylic acids is 2. The molecule has 2 aromatic rings. The zero-order valence-electron chi connectivity index (χ0n) is 13.4. The maximum Gasteiger partial charge on any atom is 0.260 e. The largest absolute Gasteiger partial charge is 0.493 e. The first-order valence-electron chi connectivity index (χ1n) is 7.44. The van der Waals surface area contributed by atoms with Gasteiger partial charge >= 0.3 is 0 Å². The first-order chi connectivity index (χ1) is 11.0. The van der Waals surface area contributed by atoms with Gasteiger partial charge in [-0.15, -0.1) is 11.3 Å². The lowest BCUT2D eigenvalue weighted by Crippen LogP contribution is -2.18. The summed E-state index contributed by atoms with van der Waals surface area (Å²) in [4.78, 5) is 25.3. The number of aryl methyl sites for hydroxylation is 1. The minimum absolute atomic E-state index is 0.319. The Morgan fingerprint density at radius 3 is 2.57 bits per heavy atom. The fraction of sp³-hybridized carbons (Fsp3) is 0.294. The van der Waals surface area contributed by atoms with Crippen LogP contribution in [0.2, 0.25) is 0 Å². The quantitative estimate of drug-likeness (QED) is 0.851. The maximum absolute atomic E-state index is 12.6. The molecule has 5 nitrogen and oxygen atoms in total. The van der Waals surface area contributed by atoms with Crippen LogP contribution in [-0.2, 0) is 6.42 Å². The molecule has 0 atom stereocenters. The lowest BCUT2D eigenvalue weighted by atomic mass is 10.1. The molecule has 0 aliphatic rings. The molecule has 1 aromatic heterocycles. The van der Waals surface area contributed by atoms with Crippen molar-refractivity contribution in [2.75, 3.05) is 11.9 Å². The van der Waals surface area contributed by atoms with Crippen LogP contribution in [0.15, 0.2) is 24.3 Å². The number of amides is 2. The minimum Gasteiger partial charge on any atom is -0.493 e. The molecular weight excluding hydrogens is 312 g/mol. The SMILES string of the molecule is CCOc1ccccc1C(=O)Nc1sc(C)c(CC)c1C(N)=O. The standard InChI is InChI=1S/C17H20N2O3S/c1-4-11-10(3)23-17(14(11)15(18)20)19-16(21)12-8-6-7-9-13(12)22-5-2/h6-9H,4-5H2,1-3H3,(H2,18,20)(H,19,21). The van der Waals surface area contributed by atoms with Crippen molar-refractivity contribution in [1.29, 1.82) is 0 Å². The van der Waals surface area contributed by atoms with Gasteiger partial charge in [-0.1, -0.05) is 19.1 Å². The molecule has 3 N–H and O–H groups in total. The maximum atomic E-state index is 12.6. The molecule has 23 heavy (non-hydrogen) atoms. The number of hydrogen-bond acceptors (Lipinski definition) is 4. The molecule has 1 aromatic carbocycles. The van der Waals surface area contributed by atoms with Gasteiger partial charge in [0.05, 0.1) is 17.7 Å². The van der Waals surface area contributed by atoms with Crippen molar-refractivity contribution in [2.24, 2.45) is 5.73 Å². The molecule has 0 bridgehead atoms. The van der Waals surface area contributed by atoms with E-state index >= 15 is 0 Å². The van der Waals surface area contributed by atoms with E-state index in [4.69, 9.17) is 10.5 Å². The van der Waals surface area contributed by atoms with Gasteiger partial charge in [0.1, 0.15) is 10.8 Å². The van der Waals surface area contributed by atoms with Crippen molar-refractivity contribution in [1.82, 2.24) is 0 Å². The van der Waals surface area contributed by atoms with E-state index in [1.165, 1.54) is 11.3 Å². The van der Waals surface area contributed by atoms with Crippen LogP contribution in [0, 0.1) is 6.92 Å². The molecule has 0 aliphatic heterocycles. The summed E-state index contributed by atoms with van der Waals surface area (Å²) in [7, 11) is 0. The van der Waals surface area contributed by atoms with Gasteiger partial charge in [0.15, 0.2) is 0 Å². The Bertz CT molecular complexity index is 737. The Morgan fingerprint density at radius 2 is 1.96 bits per heavy atom. The first-order valence-corrected chi connectivity index (χ1v) is 8.26. The molecule has 122 valence electrons. The third-order valence-electron chi connectivity index (χ3n) is 3.47. The summed E-state index contributed by atoms with van der Waals surface area (Å²) in [6, 6.07) is 7.00. The van der Waals surface area contributed by atoms with E-state index in [2.05, 4.69) is 5.32 Å². The molecule has 0 saturated heterocycles.